The van der Waals surface area contributed by atoms with Gasteiger partial charge in [-0.1, -0.05) is 41.9 Å². The van der Waals surface area contributed by atoms with Crippen LogP contribution in [0.4, 0.5) is 5.82 Å². The highest BCUT2D eigenvalue weighted by Gasteiger charge is 2.23. The van der Waals surface area contributed by atoms with Gasteiger partial charge in [-0.25, -0.2) is 9.78 Å². The van der Waals surface area contributed by atoms with Gasteiger partial charge in [0.15, 0.2) is 11.6 Å². The minimum Gasteiger partial charge on any atom is -0.462 e. The zero-order valence-corrected chi connectivity index (χ0v) is 18.3. The Kier molecular flexibility index (Phi) is 5.27. The second-order valence-corrected chi connectivity index (χ2v) is 7.65. The van der Waals surface area contributed by atoms with Crippen LogP contribution in [0.2, 0.25) is 5.02 Å². The van der Waals surface area contributed by atoms with Gasteiger partial charge in [0.25, 0.3) is 5.91 Å². The Labute approximate surface area is 193 Å². The van der Waals surface area contributed by atoms with Crippen LogP contribution in [0.25, 0.3) is 27.6 Å². The average molecular weight is 460 g/mol. The molecule has 3 aromatic heterocycles. The van der Waals surface area contributed by atoms with Crippen molar-refractivity contribution in [1.29, 1.82) is 0 Å². The number of hydrogen-bond acceptors (Lipinski definition) is 5. The van der Waals surface area contributed by atoms with E-state index in [1.165, 1.54) is 10.9 Å². The van der Waals surface area contributed by atoms with Crippen molar-refractivity contribution in [1.82, 2.24) is 19.7 Å². The van der Waals surface area contributed by atoms with E-state index in [1.54, 1.807) is 31.2 Å². The number of benzene rings is 2. The van der Waals surface area contributed by atoms with Crippen molar-refractivity contribution in [2.24, 2.45) is 0 Å². The number of aromatic nitrogens is 4. The van der Waals surface area contributed by atoms with E-state index in [0.717, 1.165) is 16.3 Å². The summed E-state index contributed by atoms with van der Waals surface area (Å²) < 4.78 is 6.56. The fourth-order valence-electron chi connectivity index (χ4n) is 3.59. The number of ether oxygens (including phenoxy) is 1. The van der Waals surface area contributed by atoms with Crippen molar-refractivity contribution in [2.75, 3.05) is 11.9 Å². The maximum Gasteiger partial charge on any atom is 0.343 e. The van der Waals surface area contributed by atoms with Gasteiger partial charge in [0.1, 0.15) is 11.3 Å². The molecule has 2 N–H and O–H groups in total. The Balaban J connectivity index is 1.57. The summed E-state index contributed by atoms with van der Waals surface area (Å²) in [6.45, 7) is 1.89. The molecule has 0 fully saturated rings. The molecule has 0 atom stereocenters. The molecule has 9 heteroatoms. The lowest BCUT2D eigenvalue weighted by Crippen LogP contribution is -2.18. The van der Waals surface area contributed by atoms with Crippen LogP contribution in [-0.4, -0.2) is 38.2 Å². The molecule has 3 heterocycles. The molecule has 2 aromatic carbocycles. The number of fused-ring (bicyclic) bond motifs is 2. The Morgan fingerprint density at radius 3 is 2.73 bits per heavy atom. The molecule has 5 rings (SSSR count). The summed E-state index contributed by atoms with van der Waals surface area (Å²) in [4.78, 5) is 33.3. The molecule has 0 aliphatic rings. The van der Waals surface area contributed by atoms with Gasteiger partial charge in [-0.3, -0.25) is 4.79 Å². The number of H-pyrrole nitrogens is 1. The molecule has 0 aliphatic carbocycles. The van der Waals surface area contributed by atoms with E-state index in [0.29, 0.717) is 16.4 Å². The molecule has 164 valence electrons. The number of amides is 1. The number of pyridine rings is 1. The smallest absolute Gasteiger partial charge is 0.343 e. The van der Waals surface area contributed by atoms with Crippen molar-refractivity contribution in [2.45, 2.75) is 6.92 Å². The minimum absolute atomic E-state index is 0.120. The second kappa shape index (κ2) is 8.40. The maximum absolute atomic E-state index is 13.1. The van der Waals surface area contributed by atoms with Crippen molar-refractivity contribution < 1.29 is 14.3 Å². The summed E-state index contributed by atoms with van der Waals surface area (Å²) in [7, 11) is 0. The molecule has 0 saturated heterocycles. The summed E-state index contributed by atoms with van der Waals surface area (Å²) in [5.74, 6) is -0.458. The van der Waals surface area contributed by atoms with E-state index in [4.69, 9.17) is 16.3 Å². The van der Waals surface area contributed by atoms with Gasteiger partial charge in [0.2, 0.25) is 0 Å². The molecule has 0 spiro atoms. The summed E-state index contributed by atoms with van der Waals surface area (Å²) in [6, 6.07) is 18.4. The van der Waals surface area contributed by atoms with Crippen LogP contribution in [0.3, 0.4) is 0 Å². The van der Waals surface area contributed by atoms with E-state index in [-0.39, 0.29) is 23.7 Å². The van der Waals surface area contributed by atoms with E-state index in [2.05, 4.69) is 20.4 Å². The first-order chi connectivity index (χ1) is 16.0. The highest BCUT2D eigenvalue weighted by atomic mass is 35.5. The van der Waals surface area contributed by atoms with Gasteiger partial charge in [0.05, 0.1) is 28.9 Å². The zero-order valence-electron chi connectivity index (χ0n) is 17.5. The minimum atomic E-state index is -0.598. The number of nitrogens with one attached hydrogen (secondary N) is 2. The zero-order chi connectivity index (χ0) is 22.9. The third-order valence-electron chi connectivity index (χ3n) is 5.15. The van der Waals surface area contributed by atoms with Gasteiger partial charge < -0.3 is 15.0 Å². The Morgan fingerprint density at radius 1 is 1.09 bits per heavy atom. The van der Waals surface area contributed by atoms with Gasteiger partial charge in [-0.15, -0.1) is 0 Å². The van der Waals surface area contributed by atoms with Crippen LogP contribution in [0.1, 0.15) is 27.8 Å². The number of carbonyl (C=O) groups is 2. The van der Waals surface area contributed by atoms with Gasteiger partial charge >= 0.3 is 5.97 Å². The number of nitrogens with zero attached hydrogens (tertiary/aromatic N) is 3. The SMILES string of the molecule is CCOC(=O)c1cnn(-c2ccc3ccccc3n2)c1NC(=O)c1cc2cccc(Cl)c2[nH]1. The Morgan fingerprint density at radius 2 is 1.91 bits per heavy atom. The van der Waals surface area contributed by atoms with E-state index >= 15 is 0 Å². The number of para-hydroxylation sites is 2. The number of rotatable bonds is 5. The molecular weight excluding hydrogens is 442 g/mol. The third-order valence-corrected chi connectivity index (χ3v) is 5.46. The Hall–Kier alpha value is -4.17. The van der Waals surface area contributed by atoms with Gasteiger partial charge in [0, 0.05) is 10.8 Å². The predicted octanol–water partition coefficient (Wildman–Crippen LogP) is 4.98. The summed E-state index contributed by atoms with van der Waals surface area (Å²) >= 11 is 6.23. The lowest BCUT2D eigenvalue weighted by molar-refractivity contribution is 0.0527. The van der Waals surface area contributed by atoms with E-state index < -0.39 is 11.9 Å². The topological polar surface area (TPSA) is 102 Å². The summed E-state index contributed by atoms with van der Waals surface area (Å²) in [5, 5.41) is 9.35. The molecule has 33 heavy (non-hydrogen) atoms. The number of anilines is 1. The standard InChI is InChI=1S/C24H18ClN5O3/c1-2-33-24(32)16-13-26-30(20-11-10-14-6-3-4-9-18(14)27-20)22(16)29-23(31)19-12-15-7-5-8-17(25)21(15)28-19/h3-13,28H,2H2,1H3,(H,29,31). The van der Waals surface area contributed by atoms with E-state index in [9.17, 15) is 9.59 Å². The molecule has 0 unspecified atom stereocenters. The second-order valence-electron chi connectivity index (χ2n) is 7.24. The normalized spacial score (nSPS) is 11.1. The summed E-state index contributed by atoms with van der Waals surface area (Å²) in [5.41, 5.74) is 1.81. The van der Waals surface area contributed by atoms with Crippen LogP contribution in [0.15, 0.2) is 66.9 Å². The first-order valence-electron chi connectivity index (χ1n) is 10.2. The average Bonchev–Trinajstić information content (AvgIpc) is 3.44. The van der Waals surface area contributed by atoms with Crippen LogP contribution in [0, 0.1) is 0 Å². The van der Waals surface area contributed by atoms with Gasteiger partial charge in [-0.05, 0) is 37.3 Å². The fourth-order valence-corrected chi connectivity index (χ4v) is 3.82. The molecule has 8 nitrogen and oxygen atoms in total. The fraction of sp³-hybridized carbons (Fsp3) is 0.0833. The Bertz CT molecular complexity index is 1520. The number of carbonyl (C=O) groups excluding carboxylic acids is 2. The first-order valence-corrected chi connectivity index (χ1v) is 10.6. The molecular formula is C24H18ClN5O3. The molecule has 0 aliphatic heterocycles. The monoisotopic (exact) mass is 459 g/mol. The molecule has 0 bridgehead atoms. The predicted molar refractivity (Wildman–Crippen MR) is 126 cm³/mol. The first kappa shape index (κ1) is 20.7. The highest BCUT2D eigenvalue weighted by Crippen LogP contribution is 2.26. The number of hydrogen-bond donors (Lipinski definition) is 2. The van der Waals surface area contributed by atoms with Crippen molar-refractivity contribution in [3.05, 3.63) is 83.1 Å². The van der Waals surface area contributed by atoms with Crippen molar-refractivity contribution in [3.8, 4) is 5.82 Å². The molecule has 5 aromatic rings. The van der Waals surface area contributed by atoms with Crippen LogP contribution >= 0.6 is 11.6 Å². The van der Waals surface area contributed by atoms with Crippen molar-refractivity contribution >= 4 is 51.1 Å². The molecule has 0 radical (unpaired) electrons. The van der Waals surface area contributed by atoms with Crippen LogP contribution < -0.4 is 5.32 Å². The lowest BCUT2D eigenvalue weighted by atomic mass is 10.2. The van der Waals surface area contributed by atoms with E-state index in [1.807, 2.05) is 36.4 Å². The molecule has 0 saturated carbocycles. The number of aromatic amines is 1. The number of halogens is 1. The lowest BCUT2D eigenvalue weighted by Gasteiger charge is -2.10. The van der Waals surface area contributed by atoms with Crippen LogP contribution in [-0.2, 0) is 4.74 Å². The maximum atomic E-state index is 13.1. The third kappa shape index (κ3) is 3.81. The largest absolute Gasteiger partial charge is 0.462 e. The molecule has 1 amide bonds. The van der Waals surface area contributed by atoms with Crippen LogP contribution in [0.5, 0.6) is 0 Å². The highest BCUT2D eigenvalue weighted by molar-refractivity contribution is 6.35. The number of esters is 1. The summed E-state index contributed by atoms with van der Waals surface area (Å²) in [6.07, 6.45) is 1.35. The van der Waals surface area contributed by atoms with Crippen molar-refractivity contribution in [3.63, 3.8) is 0 Å². The quantitative estimate of drug-likeness (QED) is 0.361. The van der Waals surface area contributed by atoms with Gasteiger partial charge in [-0.2, -0.15) is 9.78 Å².